The largest absolute Gasteiger partial charge is 0.494 e. The van der Waals surface area contributed by atoms with Crippen molar-refractivity contribution in [1.82, 2.24) is 10.3 Å². The molecule has 2 aromatic rings. The molecule has 24 heavy (non-hydrogen) atoms. The van der Waals surface area contributed by atoms with E-state index in [0.717, 1.165) is 0 Å². The van der Waals surface area contributed by atoms with Crippen molar-refractivity contribution in [3.63, 3.8) is 0 Å². The van der Waals surface area contributed by atoms with Crippen molar-refractivity contribution < 1.29 is 14.3 Å². The molecule has 0 unspecified atom stereocenters. The summed E-state index contributed by atoms with van der Waals surface area (Å²) >= 11 is 0. The fraction of sp³-hybridized carbons (Fsp3) is 0.235. The third-order valence-electron chi connectivity index (χ3n) is 3.01. The van der Waals surface area contributed by atoms with Gasteiger partial charge in [-0.2, -0.15) is 0 Å². The molecule has 7 nitrogen and oxygen atoms in total. The summed E-state index contributed by atoms with van der Waals surface area (Å²) in [6.45, 7) is 3.24. The van der Waals surface area contributed by atoms with Gasteiger partial charge in [0.2, 0.25) is 0 Å². The van der Waals surface area contributed by atoms with E-state index in [-0.39, 0.29) is 0 Å². The molecule has 7 heteroatoms. The first-order valence-corrected chi connectivity index (χ1v) is 7.66. The smallest absolute Gasteiger partial charge is 0.313 e. The summed E-state index contributed by atoms with van der Waals surface area (Å²) in [7, 11) is 0. The Kier molecular flexibility index (Phi) is 6.58. The summed E-state index contributed by atoms with van der Waals surface area (Å²) in [5.74, 6) is 0.0230. The number of carbonyl (C=O) groups excluding carboxylic acids is 2. The first kappa shape index (κ1) is 17.3. The van der Waals surface area contributed by atoms with E-state index < -0.39 is 11.8 Å². The third kappa shape index (κ3) is 5.60. The first-order chi connectivity index (χ1) is 11.7. The highest BCUT2D eigenvalue weighted by molar-refractivity contribution is 6.39. The number of amides is 2. The van der Waals surface area contributed by atoms with Gasteiger partial charge in [-0.1, -0.05) is 6.07 Å². The molecular weight excluding hydrogens is 308 g/mol. The minimum atomic E-state index is -0.711. The van der Waals surface area contributed by atoms with Crippen LogP contribution in [0.15, 0.2) is 48.7 Å². The van der Waals surface area contributed by atoms with Gasteiger partial charge in [0.15, 0.2) is 0 Å². The molecule has 0 aliphatic heterocycles. The monoisotopic (exact) mass is 328 g/mol. The molecule has 0 spiro atoms. The fourth-order valence-corrected chi connectivity index (χ4v) is 1.90. The summed E-state index contributed by atoms with van der Waals surface area (Å²) in [4.78, 5) is 27.6. The van der Waals surface area contributed by atoms with Crippen LogP contribution in [0.25, 0.3) is 0 Å². The van der Waals surface area contributed by atoms with Crippen molar-refractivity contribution in [2.45, 2.75) is 6.92 Å². The maximum atomic E-state index is 11.8. The van der Waals surface area contributed by atoms with Crippen molar-refractivity contribution in [2.75, 3.05) is 30.3 Å². The van der Waals surface area contributed by atoms with Crippen LogP contribution < -0.4 is 20.7 Å². The standard InChI is InChI=1S/C17H20N4O3/c1-2-24-14-8-6-13(7-9-14)21-17(23)16(22)20-12-11-19-15-5-3-4-10-18-15/h3-10H,2,11-12H2,1H3,(H,18,19)(H,20,22)(H,21,23). The maximum Gasteiger partial charge on any atom is 0.313 e. The molecule has 2 amide bonds. The van der Waals surface area contributed by atoms with Crippen LogP contribution in [0.1, 0.15) is 6.92 Å². The Bertz CT molecular complexity index is 659. The zero-order valence-electron chi connectivity index (χ0n) is 13.4. The topological polar surface area (TPSA) is 92.3 Å². The molecule has 0 bridgehead atoms. The predicted molar refractivity (Wildman–Crippen MR) is 92.0 cm³/mol. The zero-order chi connectivity index (χ0) is 17.2. The van der Waals surface area contributed by atoms with Crippen molar-refractivity contribution in [1.29, 1.82) is 0 Å². The summed E-state index contributed by atoms with van der Waals surface area (Å²) in [5.41, 5.74) is 0.533. The van der Waals surface area contributed by atoms with E-state index in [2.05, 4.69) is 20.9 Å². The van der Waals surface area contributed by atoms with E-state index >= 15 is 0 Å². The number of hydrogen-bond acceptors (Lipinski definition) is 5. The number of nitrogens with one attached hydrogen (secondary N) is 3. The van der Waals surface area contributed by atoms with Crippen LogP contribution in [0.3, 0.4) is 0 Å². The molecule has 3 N–H and O–H groups in total. The predicted octanol–water partition coefficient (Wildman–Crippen LogP) is 1.65. The molecule has 1 aromatic carbocycles. The Morgan fingerprint density at radius 2 is 1.83 bits per heavy atom. The van der Waals surface area contributed by atoms with Crippen molar-refractivity contribution >= 4 is 23.3 Å². The van der Waals surface area contributed by atoms with Crippen LogP contribution in [0.5, 0.6) is 5.75 Å². The van der Waals surface area contributed by atoms with Gasteiger partial charge in [0.25, 0.3) is 0 Å². The molecule has 0 fully saturated rings. The first-order valence-electron chi connectivity index (χ1n) is 7.66. The zero-order valence-corrected chi connectivity index (χ0v) is 13.4. The van der Waals surface area contributed by atoms with E-state index in [1.54, 1.807) is 30.5 Å². The SMILES string of the molecule is CCOc1ccc(NC(=O)C(=O)NCCNc2ccccn2)cc1. The van der Waals surface area contributed by atoms with Crippen molar-refractivity contribution in [2.24, 2.45) is 0 Å². The second kappa shape index (κ2) is 9.14. The normalized spacial score (nSPS) is 9.88. The van der Waals surface area contributed by atoms with Crippen LogP contribution in [0.2, 0.25) is 0 Å². The highest BCUT2D eigenvalue weighted by Gasteiger charge is 2.12. The van der Waals surface area contributed by atoms with Crippen molar-refractivity contribution in [3.05, 3.63) is 48.7 Å². The van der Waals surface area contributed by atoms with Gasteiger partial charge in [0, 0.05) is 25.0 Å². The van der Waals surface area contributed by atoms with Crippen LogP contribution >= 0.6 is 0 Å². The number of carbonyl (C=O) groups is 2. The molecule has 0 aliphatic rings. The van der Waals surface area contributed by atoms with E-state index in [0.29, 0.717) is 37.0 Å². The molecule has 0 atom stereocenters. The van der Waals surface area contributed by atoms with E-state index in [4.69, 9.17) is 4.74 Å². The van der Waals surface area contributed by atoms with Gasteiger partial charge in [0.05, 0.1) is 6.61 Å². The molecule has 0 radical (unpaired) electrons. The minimum Gasteiger partial charge on any atom is -0.494 e. The number of rotatable bonds is 7. The lowest BCUT2D eigenvalue weighted by molar-refractivity contribution is -0.136. The molecule has 126 valence electrons. The lowest BCUT2D eigenvalue weighted by Gasteiger charge is -2.08. The van der Waals surface area contributed by atoms with Crippen LogP contribution in [-0.2, 0) is 9.59 Å². The van der Waals surface area contributed by atoms with E-state index in [9.17, 15) is 9.59 Å². The molecule has 0 saturated heterocycles. The molecule has 1 heterocycles. The molecule has 0 aliphatic carbocycles. The molecule has 0 saturated carbocycles. The van der Waals surface area contributed by atoms with Crippen LogP contribution in [0, 0.1) is 0 Å². The summed E-state index contributed by atoms with van der Waals surface area (Å²) < 4.78 is 5.31. The second-order valence-electron chi connectivity index (χ2n) is 4.81. The Morgan fingerprint density at radius 3 is 2.50 bits per heavy atom. The Balaban J connectivity index is 1.70. The Hall–Kier alpha value is -3.09. The third-order valence-corrected chi connectivity index (χ3v) is 3.01. The average molecular weight is 328 g/mol. The molecule has 2 rings (SSSR count). The number of aromatic nitrogens is 1. The summed E-state index contributed by atoms with van der Waals surface area (Å²) in [5, 5.41) is 8.10. The minimum absolute atomic E-state index is 0.312. The summed E-state index contributed by atoms with van der Waals surface area (Å²) in [6, 6.07) is 12.3. The number of benzene rings is 1. The van der Waals surface area contributed by atoms with Crippen LogP contribution in [-0.4, -0.2) is 36.5 Å². The maximum absolute atomic E-state index is 11.8. The lowest BCUT2D eigenvalue weighted by atomic mass is 10.3. The number of nitrogens with zero attached hydrogens (tertiary/aromatic N) is 1. The average Bonchev–Trinajstić information content (AvgIpc) is 2.61. The second-order valence-corrected chi connectivity index (χ2v) is 4.81. The highest BCUT2D eigenvalue weighted by Crippen LogP contribution is 2.15. The highest BCUT2D eigenvalue weighted by atomic mass is 16.5. The van der Waals surface area contributed by atoms with Gasteiger partial charge in [-0.3, -0.25) is 9.59 Å². The van der Waals surface area contributed by atoms with Crippen LogP contribution in [0.4, 0.5) is 11.5 Å². The number of hydrogen-bond donors (Lipinski definition) is 3. The Labute approximate surface area is 140 Å². The molecular formula is C17H20N4O3. The lowest BCUT2D eigenvalue weighted by Crippen LogP contribution is -2.37. The van der Waals surface area contributed by atoms with Gasteiger partial charge in [-0.05, 0) is 43.3 Å². The number of anilines is 2. The van der Waals surface area contributed by atoms with Crippen molar-refractivity contribution in [3.8, 4) is 5.75 Å². The van der Waals surface area contributed by atoms with E-state index in [1.807, 2.05) is 25.1 Å². The quantitative estimate of drug-likeness (QED) is 0.531. The van der Waals surface area contributed by atoms with Gasteiger partial charge < -0.3 is 20.7 Å². The van der Waals surface area contributed by atoms with Gasteiger partial charge >= 0.3 is 11.8 Å². The molecule has 1 aromatic heterocycles. The number of ether oxygens (including phenoxy) is 1. The Morgan fingerprint density at radius 1 is 1.04 bits per heavy atom. The number of pyridine rings is 1. The van der Waals surface area contributed by atoms with E-state index in [1.165, 1.54) is 0 Å². The van der Waals surface area contributed by atoms with Gasteiger partial charge in [0.1, 0.15) is 11.6 Å². The van der Waals surface area contributed by atoms with Gasteiger partial charge in [-0.15, -0.1) is 0 Å². The van der Waals surface area contributed by atoms with Gasteiger partial charge in [-0.25, -0.2) is 4.98 Å². The fourth-order valence-electron chi connectivity index (χ4n) is 1.90. The summed E-state index contributed by atoms with van der Waals surface area (Å²) in [6.07, 6.45) is 1.67.